The van der Waals surface area contributed by atoms with Gasteiger partial charge < -0.3 is 15.1 Å². The molecule has 0 saturated carbocycles. The molecule has 0 atom stereocenters. The van der Waals surface area contributed by atoms with Crippen LogP contribution in [0.2, 0.25) is 5.02 Å². The monoisotopic (exact) mass is 442 g/mol. The van der Waals surface area contributed by atoms with Crippen molar-refractivity contribution < 1.29 is 4.79 Å². The lowest BCUT2D eigenvalue weighted by molar-refractivity contribution is 0.102. The third-order valence-electron chi connectivity index (χ3n) is 4.96. The van der Waals surface area contributed by atoms with E-state index < -0.39 is 0 Å². The number of pyridine rings is 1. The molecule has 1 amide bonds. The van der Waals surface area contributed by atoms with Gasteiger partial charge in [-0.05, 0) is 36.8 Å². The third-order valence-corrected chi connectivity index (χ3v) is 6.01. The first-order valence-corrected chi connectivity index (χ1v) is 11.1. The van der Waals surface area contributed by atoms with Crippen LogP contribution in [0.4, 0.5) is 16.6 Å². The molecule has 1 saturated heterocycles. The first-order valence-electron chi connectivity index (χ1n) is 9.98. The van der Waals surface area contributed by atoms with E-state index in [1.807, 2.05) is 12.1 Å². The Balaban J connectivity index is 1.38. The summed E-state index contributed by atoms with van der Waals surface area (Å²) in [7, 11) is 0. The van der Waals surface area contributed by atoms with Crippen LogP contribution in [0.25, 0.3) is 0 Å². The quantitative estimate of drug-likeness (QED) is 0.640. The molecule has 1 aromatic carbocycles. The standard InChI is InChI=1S/C21H23ClN6OS/c1-2-18-25-21(30-26-18)28-10-4-9-27(11-12-28)19-8-7-15(14-23-19)20(29)24-17-6-3-5-16(22)13-17/h3,5-8,13-14H,2,4,9-12H2,1H3,(H,24,29). The molecule has 3 aromatic rings. The van der Waals surface area contributed by atoms with Gasteiger partial charge in [0.2, 0.25) is 5.13 Å². The average Bonchev–Trinajstić information content (AvgIpc) is 3.11. The molecule has 1 aliphatic heterocycles. The SMILES string of the molecule is CCc1nsc(N2CCCN(c3ccc(C(=O)Nc4cccc(Cl)c4)cn3)CC2)n1. The van der Waals surface area contributed by atoms with E-state index in [2.05, 4.69) is 36.4 Å². The van der Waals surface area contributed by atoms with Gasteiger partial charge in [-0.1, -0.05) is 24.6 Å². The predicted molar refractivity (Wildman–Crippen MR) is 122 cm³/mol. The minimum atomic E-state index is -0.207. The van der Waals surface area contributed by atoms with Gasteiger partial charge >= 0.3 is 0 Å². The first kappa shape index (κ1) is 20.6. The summed E-state index contributed by atoms with van der Waals surface area (Å²) in [5.41, 5.74) is 1.17. The van der Waals surface area contributed by atoms with Crippen LogP contribution in [-0.2, 0) is 6.42 Å². The molecule has 1 N–H and O–H groups in total. The fraction of sp³-hybridized carbons (Fsp3) is 0.333. The van der Waals surface area contributed by atoms with E-state index in [9.17, 15) is 4.79 Å². The van der Waals surface area contributed by atoms with Crippen LogP contribution in [-0.4, -0.2) is 46.4 Å². The number of hydrogen-bond acceptors (Lipinski definition) is 7. The van der Waals surface area contributed by atoms with Crippen molar-refractivity contribution in [2.45, 2.75) is 19.8 Å². The molecular formula is C21H23ClN6OS. The van der Waals surface area contributed by atoms with E-state index in [0.29, 0.717) is 16.3 Å². The highest BCUT2D eigenvalue weighted by atomic mass is 35.5. The van der Waals surface area contributed by atoms with Gasteiger partial charge in [0.25, 0.3) is 5.91 Å². The average molecular weight is 443 g/mol. The molecule has 30 heavy (non-hydrogen) atoms. The van der Waals surface area contributed by atoms with Crippen LogP contribution in [0, 0.1) is 0 Å². The number of carbonyl (C=O) groups excluding carboxylic acids is 1. The number of carbonyl (C=O) groups is 1. The maximum Gasteiger partial charge on any atom is 0.257 e. The van der Waals surface area contributed by atoms with E-state index in [0.717, 1.165) is 55.8 Å². The second-order valence-electron chi connectivity index (χ2n) is 7.04. The van der Waals surface area contributed by atoms with E-state index in [1.165, 1.54) is 11.5 Å². The Morgan fingerprint density at radius 3 is 2.73 bits per heavy atom. The highest BCUT2D eigenvalue weighted by Crippen LogP contribution is 2.22. The molecule has 0 bridgehead atoms. The predicted octanol–water partition coefficient (Wildman–Crippen LogP) is 4.12. The van der Waals surface area contributed by atoms with Crippen LogP contribution < -0.4 is 15.1 Å². The number of hydrogen-bond donors (Lipinski definition) is 1. The summed E-state index contributed by atoms with van der Waals surface area (Å²) >= 11 is 7.44. The number of benzene rings is 1. The molecule has 0 unspecified atom stereocenters. The summed E-state index contributed by atoms with van der Waals surface area (Å²) < 4.78 is 4.40. The Kier molecular flexibility index (Phi) is 6.44. The second kappa shape index (κ2) is 9.40. The Hall–Kier alpha value is -2.71. The van der Waals surface area contributed by atoms with Gasteiger partial charge in [0.05, 0.1) is 5.56 Å². The number of nitrogens with zero attached hydrogens (tertiary/aromatic N) is 5. The zero-order valence-corrected chi connectivity index (χ0v) is 18.3. The van der Waals surface area contributed by atoms with E-state index in [4.69, 9.17) is 11.6 Å². The van der Waals surface area contributed by atoms with Crippen molar-refractivity contribution in [3.63, 3.8) is 0 Å². The topological polar surface area (TPSA) is 74.2 Å². The molecule has 2 aromatic heterocycles. The van der Waals surface area contributed by atoms with Crippen LogP contribution in [0.3, 0.4) is 0 Å². The summed E-state index contributed by atoms with van der Waals surface area (Å²) in [6, 6.07) is 10.8. The van der Waals surface area contributed by atoms with Crippen molar-refractivity contribution in [2.75, 3.05) is 41.3 Å². The van der Waals surface area contributed by atoms with E-state index >= 15 is 0 Å². The zero-order valence-electron chi connectivity index (χ0n) is 16.7. The number of aryl methyl sites for hydroxylation is 1. The second-order valence-corrected chi connectivity index (χ2v) is 8.21. The van der Waals surface area contributed by atoms with Crippen LogP contribution >= 0.6 is 23.1 Å². The Bertz CT molecular complexity index is 1010. The van der Waals surface area contributed by atoms with Crippen molar-refractivity contribution in [3.8, 4) is 0 Å². The van der Waals surface area contributed by atoms with E-state index in [-0.39, 0.29) is 5.91 Å². The molecule has 0 aliphatic carbocycles. The lowest BCUT2D eigenvalue weighted by Crippen LogP contribution is -2.31. The van der Waals surface area contributed by atoms with Gasteiger partial charge in [0.15, 0.2) is 0 Å². The molecule has 1 fully saturated rings. The maximum absolute atomic E-state index is 12.5. The number of amides is 1. The van der Waals surface area contributed by atoms with Gasteiger partial charge in [-0.2, -0.15) is 4.37 Å². The summed E-state index contributed by atoms with van der Waals surface area (Å²) in [5, 5.41) is 4.42. The van der Waals surface area contributed by atoms with Gasteiger partial charge in [-0.3, -0.25) is 4.79 Å². The van der Waals surface area contributed by atoms with Gasteiger partial charge in [-0.15, -0.1) is 0 Å². The zero-order chi connectivity index (χ0) is 20.9. The van der Waals surface area contributed by atoms with Crippen molar-refractivity contribution in [2.24, 2.45) is 0 Å². The minimum absolute atomic E-state index is 0.207. The molecule has 0 radical (unpaired) electrons. The Morgan fingerprint density at radius 2 is 2.00 bits per heavy atom. The maximum atomic E-state index is 12.5. The molecule has 3 heterocycles. The largest absolute Gasteiger partial charge is 0.355 e. The molecule has 0 spiro atoms. The lowest BCUT2D eigenvalue weighted by Gasteiger charge is -2.22. The highest BCUT2D eigenvalue weighted by molar-refractivity contribution is 7.09. The molecule has 9 heteroatoms. The van der Waals surface area contributed by atoms with Crippen LogP contribution in [0.15, 0.2) is 42.6 Å². The number of anilines is 3. The van der Waals surface area contributed by atoms with Crippen molar-refractivity contribution in [1.29, 1.82) is 0 Å². The van der Waals surface area contributed by atoms with Crippen molar-refractivity contribution in [1.82, 2.24) is 14.3 Å². The summed E-state index contributed by atoms with van der Waals surface area (Å²) in [6.45, 7) is 5.66. The van der Waals surface area contributed by atoms with Crippen molar-refractivity contribution in [3.05, 3.63) is 59.0 Å². The lowest BCUT2D eigenvalue weighted by atomic mass is 10.2. The first-order chi connectivity index (χ1) is 14.6. The smallest absolute Gasteiger partial charge is 0.257 e. The Labute approximate surface area is 184 Å². The number of halogens is 1. The highest BCUT2D eigenvalue weighted by Gasteiger charge is 2.19. The summed E-state index contributed by atoms with van der Waals surface area (Å²) in [4.78, 5) is 26.2. The Morgan fingerprint density at radius 1 is 1.17 bits per heavy atom. The number of aromatic nitrogens is 3. The minimum Gasteiger partial charge on any atom is -0.355 e. The fourth-order valence-electron chi connectivity index (χ4n) is 3.33. The third kappa shape index (κ3) is 4.88. The molecule has 4 rings (SSSR count). The molecule has 156 valence electrons. The van der Waals surface area contributed by atoms with Crippen LogP contribution in [0.1, 0.15) is 29.5 Å². The van der Waals surface area contributed by atoms with Gasteiger partial charge in [-0.25, -0.2) is 9.97 Å². The molecular weight excluding hydrogens is 420 g/mol. The van der Waals surface area contributed by atoms with Crippen molar-refractivity contribution >= 4 is 45.7 Å². The number of nitrogens with one attached hydrogen (secondary N) is 1. The van der Waals surface area contributed by atoms with E-state index in [1.54, 1.807) is 30.5 Å². The number of rotatable bonds is 5. The normalized spacial score (nSPS) is 14.5. The van der Waals surface area contributed by atoms with Gasteiger partial charge in [0, 0.05) is 61.0 Å². The summed E-state index contributed by atoms with van der Waals surface area (Å²) in [6.07, 6.45) is 3.49. The van der Waals surface area contributed by atoms with Gasteiger partial charge in [0.1, 0.15) is 11.6 Å². The molecule has 1 aliphatic rings. The fourth-order valence-corrected chi connectivity index (χ4v) is 4.32. The molecule has 7 nitrogen and oxygen atoms in total. The summed E-state index contributed by atoms with van der Waals surface area (Å²) in [5.74, 6) is 1.58. The van der Waals surface area contributed by atoms with Crippen LogP contribution in [0.5, 0.6) is 0 Å².